The zero-order chi connectivity index (χ0) is 17.3. The van der Waals surface area contributed by atoms with Crippen molar-refractivity contribution in [2.24, 2.45) is 0 Å². The number of nitrogens with zero attached hydrogens (tertiary/aromatic N) is 2. The number of carbonyl (C=O) groups excluding carboxylic acids is 2. The highest BCUT2D eigenvalue weighted by molar-refractivity contribution is 9.11. The van der Waals surface area contributed by atoms with E-state index in [-0.39, 0.29) is 24.5 Å². The first-order valence-corrected chi connectivity index (χ1v) is 7.95. The van der Waals surface area contributed by atoms with Gasteiger partial charge in [0.1, 0.15) is 5.70 Å². The van der Waals surface area contributed by atoms with E-state index in [1.54, 1.807) is 0 Å². The van der Waals surface area contributed by atoms with Crippen molar-refractivity contribution in [3.63, 3.8) is 0 Å². The molecule has 0 saturated heterocycles. The van der Waals surface area contributed by atoms with Crippen LogP contribution in [0.4, 0.5) is 11.4 Å². The predicted molar refractivity (Wildman–Crippen MR) is 88.7 cm³/mol. The molecule has 0 aromatic heterocycles. The molecule has 23 heavy (non-hydrogen) atoms. The van der Waals surface area contributed by atoms with Gasteiger partial charge in [0, 0.05) is 10.5 Å². The van der Waals surface area contributed by atoms with Gasteiger partial charge in [-0.15, -0.1) is 0 Å². The Balaban J connectivity index is 2.40. The maximum Gasteiger partial charge on any atom is 0.288 e. The van der Waals surface area contributed by atoms with Crippen LogP contribution in [0.15, 0.2) is 26.8 Å². The normalized spacial score (nSPS) is 14.3. The summed E-state index contributed by atoms with van der Waals surface area (Å²) in [6.07, 6.45) is 1.09. The topological polar surface area (TPSA) is 113 Å². The molecule has 0 radical (unpaired) electrons. The zero-order valence-corrected chi connectivity index (χ0v) is 15.0. The van der Waals surface area contributed by atoms with Crippen molar-refractivity contribution in [2.45, 2.75) is 6.92 Å². The monoisotopic (exact) mass is 447 g/mol. The number of aliphatic hydroxyl groups excluding tert-OH is 1. The van der Waals surface area contributed by atoms with E-state index in [0.29, 0.717) is 20.2 Å². The molecule has 10 heteroatoms. The molecule has 122 valence electrons. The van der Waals surface area contributed by atoms with Crippen molar-refractivity contribution in [2.75, 3.05) is 18.5 Å². The third-order valence-corrected chi connectivity index (χ3v) is 4.45. The van der Waals surface area contributed by atoms with E-state index in [1.807, 2.05) is 0 Å². The lowest BCUT2D eigenvalue weighted by atomic mass is 10.1. The van der Waals surface area contributed by atoms with Crippen molar-refractivity contribution >= 4 is 55.0 Å². The largest absolute Gasteiger partial charge is 0.395 e. The molecule has 0 saturated carbocycles. The lowest BCUT2D eigenvalue weighted by Gasteiger charge is -2.15. The molecule has 2 N–H and O–H groups in total. The summed E-state index contributed by atoms with van der Waals surface area (Å²) in [4.78, 5) is 35.4. The molecule has 2 amide bonds. The second-order valence-corrected chi connectivity index (χ2v) is 6.36. The van der Waals surface area contributed by atoms with Gasteiger partial charge in [0.2, 0.25) is 0 Å². The summed E-state index contributed by atoms with van der Waals surface area (Å²) >= 11 is 6.40. The summed E-state index contributed by atoms with van der Waals surface area (Å²) in [5.41, 5.74) is 0.473. The second kappa shape index (κ2) is 6.77. The number of aliphatic hydroxyl groups is 1. The summed E-state index contributed by atoms with van der Waals surface area (Å²) < 4.78 is 0.788. The Bertz CT molecular complexity index is 748. The van der Waals surface area contributed by atoms with Gasteiger partial charge in [-0.25, -0.2) is 0 Å². The molecule has 1 aliphatic heterocycles. The number of rotatable bonds is 5. The lowest BCUT2D eigenvalue weighted by molar-refractivity contribution is -0.386. The number of nitro benzene ring substituents is 1. The third-order valence-electron chi connectivity index (χ3n) is 3.22. The van der Waals surface area contributed by atoms with E-state index < -0.39 is 16.7 Å². The van der Waals surface area contributed by atoms with Gasteiger partial charge in [-0.2, -0.15) is 0 Å². The molecule has 0 aliphatic carbocycles. The van der Waals surface area contributed by atoms with Crippen LogP contribution >= 0.6 is 31.9 Å². The summed E-state index contributed by atoms with van der Waals surface area (Å²) in [6, 6.07) is 1.49. The number of nitrogens with one attached hydrogen (secondary N) is 1. The van der Waals surface area contributed by atoms with Crippen LogP contribution in [0.2, 0.25) is 0 Å². The first-order chi connectivity index (χ1) is 10.8. The van der Waals surface area contributed by atoms with E-state index in [1.165, 1.54) is 13.0 Å². The summed E-state index contributed by atoms with van der Waals surface area (Å²) in [5, 5.41) is 22.8. The molecule has 1 aliphatic rings. The first-order valence-electron chi connectivity index (χ1n) is 6.36. The summed E-state index contributed by atoms with van der Waals surface area (Å²) in [5.74, 6) is -1.15. The third kappa shape index (κ3) is 3.28. The minimum atomic E-state index is -0.596. The highest BCUT2D eigenvalue weighted by Crippen LogP contribution is 2.39. The molecule has 1 heterocycles. The van der Waals surface area contributed by atoms with Crippen LogP contribution in [-0.4, -0.2) is 39.9 Å². The van der Waals surface area contributed by atoms with Crippen LogP contribution in [0.25, 0.3) is 0 Å². The molecule has 2 rings (SSSR count). The Morgan fingerprint density at radius 3 is 2.57 bits per heavy atom. The van der Waals surface area contributed by atoms with E-state index in [9.17, 15) is 19.7 Å². The second-order valence-electron chi connectivity index (χ2n) is 4.65. The van der Waals surface area contributed by atoms with Gasteiger partial charge in [-0.3, -0.25) is 24.6 Å². The Hall–Kier alpha value is -1.78. The summed E-state index contributed by atoms with van der Waals surface area (Å²) in [6.45, 7) is 1.08. The minimum absolute atomic E-state index is 0.0103. The molecule has 8 nitrogen and oxygen atoms in total. The van der Waals surface area contributed by atoms with Crippen LogP contribution < -0.4 is 5.32 Å². The molecule has 0 bridgehead atoms. The van der Waals surface area contributed by atoms with Gasteiger partial charge in [0.15, 0.2) is 0 Å². The number of benzene rings is 1. The van der Waals surface area contributed by atoms with E-state index in [0.717, 1.165) is 11.0 Å². The van der Waals surface area contributed by atoms with Gasteiger partial charge < -0.3 is 10.4 Å². The smallest absolute Gasteiger partial charge is 0.288 e. The van der Waals surface area contributed by atoms with E-state index >= 15 is 0 Å². The molecular weight excluding hydrogens is 438 g/mol. The fourth-order valence-electron chi connectivity index (χ4n) is 2.15. The van der Waals surface area contributed by atoms with Crippen molar-refractivity contribution in [1.29, 1.82) is 0 Å². The average molecular weight is 449 g/mol. The SMILES string of the molecule is Cc1c(NC2=CC(=O)N(CCO)C2=O)c(Br)cc(Br)c1[N+](=O)[O-]. The number of hydrogen-bond acceptors (Lipinski definition) is 6. The van der Waals surface area contributed by atoms with Gasteiger partial charge in [0.05, 0.1) is 33.8 Å². The number of amides is 2. The number of hydrogen-bond donors (Lipinski definition) is 2. The molecule has 1 aromatic carbocycles. The number of nitro groups is 1. The van der Waals surface area contributed by atoms with Crippen LogP contribution in [0.5, 0.6) is 0 Å². The van der Waals surface area contributed by atoms with Crippen molar-refractivity contribution < 1.29 is 19.6 Å². The number of carbonyl (C=O) groups is 2. The van der Waals surface area contributed by atoms with Crippen LogP contribution in [-0.2, 0) is 9.59 Å². The maximum absolute atomic E-state index is 12.1. The van der Waals surface area contributed by atoms with Crippen molar-refractivity contribution in [3.05, 3.63) is 42.5 Å². The molecule has 0 fully saturated rings. The number of anilines is 1. The molecule has 0 spiro atoms. The highest BCUT2D eigenvalue weighted by Gasteiger charge is 2.32. The highest BCUT2D eigenvalue weighted by atomic mass is 79.9. The number of β-amino-alcohol motifs (C(OH)–C–C–N with tert-alkyl or cyclic N) is 1. The molecule has 0 unspecified atom stereocenters. The van der Waals surface area contributed by atoms with Crippen molar-refractivity contribution in [1.82, 2.24) is 4.90 Å². The summed E-state index contributed by atoms with van der Waals surface area (Å²) in [7, 11) is 0. The number of halogens is 2. The maximum atomic E-state index is 12.1. The Labute approximate surface area is 147 Å². The van der Waals surface area contributed by atoms with Crippen LogP contribution in [0.1, 0.15) is 5.56 Å². The fourth-order valence-corrected chi connectivity index (χ4v) is 3.75. The fraction of sp³-hybridized carbons (Fsp3) is 0.231. The quantitative estimate of drug-likeness (QED) is 0.405. The van der Waals surface area contributed by atoms with Gasteiger partial charge in [-0.05, 0) is 44.8 Å². The Morgan fingerprint density at radius 2 is 2.00 bits per heavy atom. The van der Waals surface area contributed by atoms with Crippen molar-refractivity contribution in [3.8, 4) is 0 Å². The average Bonchev–Trinajstić information content (AvgIpc) is 2.70. The van der Waals surface area contributed by atoms with E-state index in [2.05, 4.69) is 37.2 Å². The van der Waals surface area contributed by atoms with Gasteiger partial charge in [-0.1, -0.05) is 0 Å². The van der Waals surface area contributed by atoms with E-state index in [4.69, 9.17) is 5.11 Å². The molecular formula is C13H11Br2N3O5. The molecule has 1 aromatic rings. The predicted octanol–water partition coefficient (Wildman–Crippen LogP) is 2.09. The Morgan fingerprint density at radius 1 is 1.35 bits per heavy atom. The van der Waals surface area contributed by atoms with Gasteiger partial charge >= 0.3 is 0 Å². The van der Waals surface area contributed by atoms with Gasteiger partial charge in [0.25, 0.3) is 17.5 Å². The minimum Gasteiger partial charge on any atom is -0.395 e. The lowest BCUT2D eigenvalue weighted by Crippen LogP contribution is -2.34. The van der Waals surface area contributed by atoms with Crippen LogP contribution in [0.3, 0.4) is 0 Å². The van der Waals surface area contributed by atoms with Crippen LogP contribution in [0, 0.1) is 17.0 Å². The standard InChI is InChI=1S/C13H11Br2N3O5/c1-6-11(7(14)4-8(15)12(6)18(22)23)16-9-5-10(20)17(2-3-19)13(9)21/h4-5,16,19H,2-3H2,1H3. The Kier molecular flexibility index (Phi) is 5.17. The number of imide groups is 1. The molecule has 0 atom stereocenters. The zero-order valence-electron chi connectivity index (χ0n) is 11.8. The first kappa shape index (κ1) is 17.6.